The first-order chi connectivity index (χ1) is 8.29. The first kappa shape index (κ1) is 12.4. The van der Waals surface area contributed by atoms with Crippen LogP contribution in [0.5, 0.6) is 0 Å². The van der Waals surface area contributed by atoms with E-state index >= 15 is 0 Å². The Labute approximate surface area is 106 Å². The normalized spacial score (nSPS) is 16.9. The van der Waals surface area contributed by atoms with Crippen LogP contribution in [0.4, 0.5) is 11.6 Å². The molecule has 5 nitrogen and oxygen atoms in total. The van der Waals surface area contributed by atoms with Crippen LogP contribution in [0.1, 0.15) is 12.2 Å². The van der Waals surface area contributed by atoms with E-state index in [4.69, 9.17) is 10.5 Å². The quantitative estimate of drug-likeness (QED) is 0.873. The van der Waals surface area contributed by atoms with Crippen LogP contribution in [0.3, 0.4) is 0 Å². The third kappa shape index (κ3) is 3.47. The van der Waals surface area contributed by atoms with Crippen molar-refractivity contribution in [1.82, 2.24) is 9.97 Å². The Morgan fingerprint density at radius 1 is 1.41 bits per heavy atom. The molecule has 0 saturated carbocycles. The smallest absolute Gasteiger partial charge is 0.158 e. The maximum Gasteiger partial charge on any atom is 0.158 e. The lowest BCUT2D eigenvalue weighted by atomic mass is 10.3. The lowest BCUT2D eigenvalue weighted by Crippen LogP contribution is -2.27. The highest BCUT2D eigenvalue weighted by molar-refractivity contribution is 7.99. The molecule has 0 atom stereocenters. The van der Waals surface area contributed by atoms with E-state index in [1.54, 1.807) is 7.11 Å². The zero-order valence-corrected chi connectivity index (χ0v) is 10.9. The molecule has 0 radical (unpaired) electrons. The van der Waals surface area contributed by atoms with E-state index in [0.717, 1.165) is 24.7 Å². The molecule has 0 unspecified atom stereocenters. The highest BCUT2D eigenvalue weighted by Gasteiger charge is 2.13. The summed E-state index contributed by atoms with van der Waals surface area (Å²) in [4.78, 5) is 10.9. The van der Waals surface area contributed by atoms with Crippen LogP contribution in [0.2, 0.25) is 0 Å². The number of nitrogens with two attached hydrogens (primary N) is 1. The molecule has 1 aromatic rings. The van der Waals surface area contributed by atoms with Crippen molar-refractivity contribution in [2.75, 3.05) is 42.3 Å². The molecule has 0 aliphatic carbocycles. The van der Waals surface area contributed by atoms with E-state index in [2.05, 4.69) is 14.9 Å². The number of anilines is 2. The van der Waals surface area contributed by atoms with Gasteiger partial charge in [0.05, 0.1) is 0 Å². The fourth-order valence-electron chi connectivity index (χ4n) is 1.83. The second-order valence-electron chi connectivity index (χ2n) is 3.95. The Kier molecular flexibility index (Phi) is 4.44. The third-order valence-electron chi connectivity index (χ3n) is 2.60. The second-order valence-corrected chi connectivity index (χ2v) is 5.18. The molecule has 2 rings (SSSR count). The molecule has 2 N–H and O–H groups in total. The van der Waals surface area contributed by atoms with Gasteiger partial charge >= 0.3 is 0 Å². The van der Waals surface area contributed by atoms with Gasteiger partial charge in [0, 0.05) is 32.0 Å². The van der Waals surface area contributed by atoms with Crippen LogP contribution >= 0.6 is 11.8 Å². The number of hydrogen-bond acceptors (Lipinski definition) is 6. The summed E-state index contributed by atoms with van der Waals surface area (Å²) in [7, 11) is 1.63. The van der Waals surface area contributed by atoms with E-state index in [1.807, 2.05) is 17.8 Å². The Morgan fingerprint density at radius 2 is 2.29 bits per heavy atom. The molecule has 1 aromatic heterocycles. The molecular formula is C11H18N4OS. The Bertz CT molecular complexity index is 366. The highest BCUT2D eigenvalue weighted by atomic mass is 32.2. The van der Waals surface area contributed by atoms with Crippen molar-refractivity contribution in [3.8, 4) is 0 Å². The first-order valence-electron chi connectivity index (χ1n) is 5.74. The first-order valence-corrected chi connectivity index (χ1v) is 6.90. The van der Waals surface area contributed by atoms with Gasteiger partial charge in [-0.25, -0.2) is 9.97 Å². The fraction of sp³-hybridized carbons (Fsp3) is 0.636. The predicted octanol–water partition coefficient (Wildman–Crippen LogP) is 1.15. The SMILES string of the molecule is COCc1nc(N)cc(N2CCCSCC2)n1. The Morgan fingerprint density at radius 3 is 3.12 bits per heavy atom. The number of hydrogen-bond donors (Lipinski definition) is 1. The van der Waals surface area contributed by atoms with Crippen LogP contribution in [0, 0.1) is 0 Å². The minimum absolute atomic E-state index is 0.403. The number of rotatable bonds is 3. The lowest BCUT2D eigenvalue weighted by Gasteiger charge is -2.21. The number of thioether (sulfide) groups is 1. The second kappa shape index (κ2) is 6.07. The molecule has 0 amide bonds. The van der Waals surface area contributed by atoms with Crippen LogP contribution in [-0.4, -0.2) is 41.7 Å². The van der Waals surface area contributed by atoms with Gasteiger partial charge in [0.1, 0.15) is 18.2 Å². The van der Waals surface area contributed by atoms with Crippen molar-refractivity contribution in [3.63, 3.8) is 0 Å². The van der Waals surface area contributed by atoms with Gasteiger partial charge in [0.25, 0.3) is 0 Å². The summed E-state index contributed by atoms with van der Waals surface area (Å²) in [6, 6.07) is 1.84. The number of methoxy groups -OCH3 is 1. The van der Waals surface area contributed by atoms with Crippen molar-refractivity contribution < 1.29 is 4.74 Å². The van der Waals surface area contributed by atoms with Gasteiger partial charge in [-0.15, -0.1) is 0 Å². The lowest BCUT2D eigenvalue weighted by molar-refractivity contribution is 0.178. The molecule has 1 saturated heterocycles. The number of nitrogen functional groups attached to an aromatic ring is 1. The van der Waals surface area contributed by atoms with Gasteiger partial charge in [-0.05, 0) is 12.2 Å². The summed E-state index contributed by atoms with van der Waals surface area (Å²) in [6.45, 7) is 2.46. The molecule has 1 aliphatic rings. The predicted molar refractivity (Wildman–Crippen MR) is 71.3 cm³/mol. The van der Waals surface area contributed by atoms with Crippen LogP contribution < -0.4 is 10.6 Å². The van der Waals surface area contributed by atoms with Gasteiger partial charge in [0.2, 0.25) is 0 Å². The van der Waals surface area contributed by atoms with Gasteiger partial charge in [-0.2, -0.15) is 11.8 Å². The molecule has 0 spiro atoms. The van der Waals surface area contributed by atoms with Crippen LogP contribution in [0.15, 0.2) is 6.07 Å². The topological polar surface area (TPSA) is 64.3 Å². The molecule has 0 aromatic carbocycles. The molecule has 2 heterocycles. The summed E-state index contributed by atoms with van der Waals surface area (Å²) in [5.41, 5.74) is 5.80. The molecule has 17 heavy (non-hydrogen) atoms. The van der Waals surface area contributed by atoms with Crippen molar-refractivity contribution in [1.29, 1.82) is 0 Å². The minimum atomic E-state index is 0.403. The van der Waals surface area contributed by atoms with E-state index in [0.29, 0.717) is 18.2 Å². The summed E-state index contributed by atoms with van der Waals surface area (Å²) >= 11 is 1.99. The number of ether oxygens (including phenoxy) is 1. The summed E-state index contributed by atoms with van der Waals surface area (Å²) in [5.74, 6) is 4.45. The average molecular weight is 254 g/mol. The molecule has 0 bridgehead atoms. The van der Waals surface area contributed by atoms with Crippen molar-refractivity contribution in [3.05, 3.63) is 11.9 Å². The largest absolute Gasteiger partial charge is 0.384 e. The van der Waals surface area contributed by atoms with Gasteiger partial charge in [0.15, 0.2) is 5.82 Å². The molecular weight excluding hydrogens is 236 g/mol. The molecule has 1 aliphatic heterocycles. The zero-order chi connectivity index (χ0) is 12.1. The molecule has 6 heteroatoms. The van der Waals surface area contributed by atoms with Crippen molar-refractivity contribution in [2.24, 2.45) is 0 Å². The standard InChI is InChI=1S/C11H18N4OS/c1-16-8-10-13-9(12)7-11(14-10)15-3-2-5-17-6-4-15/h7H,2-6,8H2,1H3,(H2,12,13,14). The summed E-state index contributed by atoms with van der Waals surface area (Å²) < 4.78 is 5.05. The van der Waals surface area contributed by atoms with E-state index in [9.17, 15) is 0 Å². The number of nitrogens with zero attached hydrogens (tertiary/aromatic N) is 3. The zero-order valence-electron chi connectivity index (χ0n) is 10.1. The van der Waals surface area contributed by atoms with Gasteiger partial charge in [-0.3, -0.25) is 0 Å². The monoisotopic (exact) mass is 254 g/mol. The third-order valence-corrected chi connectivity index (χ3v) is 3.65. The fourth-order valence-corrected chi connectivity index (χ4v) is 2.72. The van der Waals surface area contributed by atoms with Gasteiger partial charge in [-0.1, -0.05) is 0 Å². The summed E-state index contributed by atoms with van der Waals surface area (Å²) in [5, 5.41) is 0. The molecule has 1 fully saturated rings. The van der Waals surface area contributed by atoms with Gasteiger partial charge < -0.3 is 15.4 Å². The Balaban J connectivity index is 2.17. The maximum atomic E-state index is 5.80. The van der Waals surface area contributed by atoms with E-state index < -0.39 is 0 Å². The summed E-state index contributed by atoms with van der Waals surface area (Å²) in [6.07, 6.45) is 1.19. The number of aromatic nitrogens is 2. The van der Waals surface area contributed by atoms with E-state index in [-0.39, 0.29) is 0 Å². The minimum Gasteiger partial charge on any atom is -0.384 e. The molecule has 94 valence electrons. The van der Waals surface area contributed by atoms with E-state index in [1.165, 1.54) is 12.2 Å². The van der Waals surface area contributed by atoms with Crippen LogP contribution in [0.25, 0.3) is 0 Å². The maximum absolute atomic E-state index is 5.80. The van der Waals surface area contributed by atoms with Crippen molar-refractivity contribution in [2.45, 2.75) is 13.0 Å². The average Bonchev–Trinajstić information content (AvgIpc) is 2.57. The highest BCUT2D eigenvalue weighted by Crippen LogP contribution is 2.18. The van der Waals surface area contributed by atoms with Crippen molar-refractivity contribution >= 4 is 23.4 Å². The van der Waals surface area contributed by atoms with Crippen LogP contribution in [-0.2, 0) is 11.3 Å². The Hall–Kier alpha value is -1.01.